The van der Waals surface area contributed by atoms with E-state index in [0.29, 0.717) is 50.1 Å². The predicted octanol–water partition coefficient (Wildman–Crippen LogP) is 12.2. The third kappa shape index (κ3) is 7.80. The molecule has 2 aliphatic carbocycles. The molecule has 2 aliphatic rings. The first-order chi connectivity index (χ1) is 27.4. The summed E-state index contributed by atoms with van der Waals surface area (Å²) < 4.78 is 82.4. The summed E-state index contributed by atoms with van der Waals surface area (Å²) in [5.41, 5.74) is 5.85. The second-order valence-corrected chi connectivity index (χ2v) is 15.6. The molecule has 0 atom stereocenters. The Morgan fingerprint density at radius 3 is 2.26 bits per heavy atom. The number of nitrogens with zero attached hydrogens (tertiary/aromatic N) is 3. The molecule has 4 aromatic heterocycles. The predicted molar refractivity (Wildman–Crippen MR) is 201 cm³/mol. The molecule has 0 N–H and O–H groups in total. The van der Waals surface area contributed by atoms with Crippen molar-refractivity contribution in [2.75, 3.05) is 0 Å². The topological polar surface area (TPSA) is 51.8 Å². The number of aromatic nitrogens is 3. The van der Waals surface area contributed by atoms with Crippen LogP contribution < -0.4 is 0 Å². The summed E-state index contributed by atoms with van der Waals surface area (Å²) >= 11 is 0. The Hall–Kier alpha value is -3.66. The zero-order chi connectivity index (χ0) is 42.8. The SMILES string of the molecule is [2H]C([2H])([2H])c1c[c-]c(-c2ccc(C([2H])([2H])[2H])cn2)cc1.[2H]C([2H])([2H])c1ccc2c(n1)oc1c(-c3cc(C4([2H])CCC5(CC4)CC(C)(C)CC(C)(C)C5)ccn3)[c-]ccc12.[Ir]. The van der Waals surface area contributed by atoms with Gasteiger partial charge < -0.3 is 14.4 Å². The molecule has 1 radical (unpaired) electrons. The molecule has 4 heterocycles. The van der Waals surface area contributed by atoms with Crippen LogP contribution in [0.15, 0.2) is 83.5 Å². The zero-order valence-electron chi connectivity index (χ0n) is 39.0. The van der Waals surface area contributed by atoms with E-state index in [1.54, 1.807) is 24.4 Å². The van der Waals surface area contributed by atoms with Crippen molar-refractivity contribution in [2.24, 2.45) is 16.2 Å². The van der Waals surface area contributed by atoms with Crippen molar-refractivity contribution in [3.05, 3.63) is 114 Å². The Bertz CT molecular complexity index is 2390. The molecule has 6 aromatic rings. The van der Waals surface area contributed by atoms with E-state index in [1.807, 2.05) is 24.3 Å². The van der Waals surface area contributed by atoms with E-state index in [2.05, 4.69) is 54.8 Å². The third-order valence-corrected chi connectivity index (χ3v) is 10.2. The summed E-state index contributed by atoms with van der Waals surface area (Å²) in [6, 6.07) is 24.8. The van der Waals surface area contributed by atoms with E-state index in [-0.39, 0.29) is 36.9 Å². The van der Waals surface area contributed by atoms with E-state index < -0.39 is 26.4 Å². The molecule has 2 saturated carbocycles. The van der Waals surface area contributed by atoms with Gasteiger partial charge in [-0.05, 0) is 116 Å². The fraction of sp³-hybridized carbons (Fsp3) is 0.400. The molecular weight excluding hydrogens is 791 g/mol. The van der Waals surface area contributed by atoms with Crippen LogP contribution in [-0.4, -0.2) is 15.0 Å². The summed E-state index contributed by atoms with van der Waals surface area (Å²) in [7, 11) is 0. The normalized spacial score (nSPS) is 22.3. The Labute approximate surface area is 326 Å². The second-order valence-electron chi connectivity index (χ2n) is 15.6. The average molecular weight is 850 g/mol. The Morgan fingerprint density at radius 1 is 0.800 bits per heavy atom. The molecule has 0 aliphatic heterocycles. The van der Waals surface area contributed by atoms with Gasteiger partial charge in [0.05, 0.1) is 5.58 Å². The van der Waals surface area contributed by atoms with Gasteiger partial charge in [0, 0.05) is 57.3 Å². The molecule has 8 rings (SSSR count). The van der Waals surface area contributed by atoms with Crippen molar-refractivity contribution >= 4 is 22.1 Å². The van der Waals surface area contributed by atoms with Crippen LogP contribution in [0.3, 0.4) is 0 Å². The van der Waals surface area contributed by atoms with Gasteiger partial charge in [-0.1, -0.05) is 69.3 Å². The molecule has 2 aromatic carbocycles. The molecule has 2 fully saturated rings. The summed E-state index contributed by atoms with van der Waals surface area (Å²) in [5.74, 6) is -0.646. The van der Waals surface area contributed by atoms with Crippen LogP contribution in [0.2, 0.25) is 0 Å². The molecule has 5 heteroatoms. The minimum Gasteiger partial charge on any atom is -0.486 e. The smallest absolute Gasteiger partial charge is 0.216 e. The number of fused-ring (bicyclic) bond motifs is 3. The van der Waals surface area contributed by atoms with Crippen LogP contribution in [-0.2, 0) is 20.1 Å². The minimum atomic E-state index is -2.30. The minimum absolute atomic E-state index is 0. The van der Waals surface area contributed by atoms with Gasteiger partial charge in [-0.25, -0.2) is 4.98 Å². The molecule has 0 bridgehead atoms. The largest absolute Gasteiger partial charge is 0.486 e. The van der Waals surface area contributed by atoms with E-state index in [1.165, 1.54) is 49.7 Å². The van der Waals surface area contributed by atoms with E-state index >= 15 is 0 Å². The summed E-state index contributed by atoms with van der Waals surface area (Å²) in [6.07, 6.45) is 10.7. The number of furan rings is 1. The van der Waals surface area contributed by atoms with Gasteiger partial charge in [0.25, 0.3) is 0 Å². The maximum Gasteiger partial charge on any atom is 0.216 e. The molecule has 0 amide bonds. The van der Waals surface area contributed by atoms with E-state index in [9.17, 15) is 1.37 Å². The number of rotatable bonds is 3. The maximum absolute atomic E-state index is 9.53. The molecule has 0 unspecified atom stereocenters. The first kappa shape index (κ1) is 25.3. The van der Waals surface area contributed by atoms with E-state index in [0.717, 1.165) is 42.0 Å². The molecular formula is C45H49IrN3O-2. The summed E-state index contributed by atoms with van der Waals surface area (Å²) in [6.45, 7) is 3.03. The Balaban J connectivity index is 0.000000243. The Kier molecular flexibility index (Phi) is 7.17. The van der Waals surface area contributed by atoms with Gasteiger partial charge in [-0.3, -0.25) is 0 Å². The first-order valence-electron chi connectivity index (χ1n) is 22.1. The number of benzene rings is 2. The van der Waals surface area contributed by atoms with Crippen molar-refractivity contribution in [1.29, 1.82) is 0 Å². The summed E-state index contributed by atoms with van der Waals surface area (Å²) in [4.78, 5) is 13.0. The van der Waals surface area contributed by atoms with Crippen LogP contribution in [0.5, 0.6) is 0 Å². The van der Waals surface area contributed by atoms with Crippen molar-refractivity contribution in [3.63, 3.8) is 0 Å². The molecule has 4 nitrogen and oxygen atoms in total. The van der Waals surface area contributed by atoms with Crippen LogP contribution in [0.25, 0.3) is 44.6 Å². The Morgan fingerprint density at radius 2 is 1.58 bits per heavy atom. The summed E-state index contributed by atoms with van der Waals surface area (Å²) in [5, 5.41) is 1.61. The van der Waals surface area contributed by atoms with Gasteiger partial charge in [-0.2, -0.15) is 0 Å². The number of hydrogen-bond acceptors (Lipinski definition) is 4. The van der Waals surface area contributed by atoms with Crippen molar-refractivity contribution in [1.82, 2.24) is 15.0 Å². The van der Waals surface area contributed by atoms with Crippen LogP contribution in [0, 0.1) is 48.9 Å². The monoisotopic (exact) mass is 850 g/mol. The fourth-order valence-electron chi connectivity index (χ4n) is 8.97. The average Bonchev–Trinajstić information content (AvgIpc) is 3.53. The van der Waals surface area contributed by atoms with Crippen LogP contribution in [0.1, 0.15) is 115 Å². The van der Waals surface area contributed by atoms with Gasteiger partial charge in [-0.15, -0.1) is 53.6 Å². The molecule has 50 heavy (non-hydrogen) atoms. The molecule has 0 saturated heterocycles. The number of aryl methyl sites for hydroxylation is 3. The van der Waals surface area contributed by atoms with E-state index in [4.69, 9.17) is 16.8 Å². The van der Waals surface area contributed by atoms with Gasteiger partial charge >= 0.3 is 0 Å². The van der Waals surface area contributed by atoms with Gasteiger partial charge in [0.15, 0.2) is 0 Å². The first-order valence-corrected chi connectivity index (χ1v) is 17.1. The second kappa shape index (κ2) is 14.2. The van der Waals surface area contributed by atoms with Gasteiger partial charge in [0.2, 0.25) is 5.71 Å². The maximum atomic E-state index is 9.53. The van der Waals surface area contributed by atoms with Crippen molar-refractivity contribution in [2.45, 2.75) is 99.1 Å². The molecule has 1 spiro atoms. The zero-order valence-corrected chi connectivity index (χ0v) is 31.4. The van der Waals surface area contributed by atoms with Crippen molar-refractivity contribution < 1.29 is 38.2 Å². The third-order valence-electron chi connectivity index (χ3n) is 10.2. The quantitative estimate of drug-likeness (QED) is 0.167. The number of pyridine rings is 3. The van der Waals surface area contributed by atoms with Crippen LogP contribution in [0.4, 0.5) is 0 Å². The van der Waals surface area contributed by atoms with Crippen molar-refractivity contribution in [3.8, 4) is 22.5 Å². The molecule has 261 valence electrons. The fourth-order valence-corrected chi connectivity index (χ4v) is 8.97. The van der Waals surface area contributed by atoms with Gasteiger partial charge in [0.1, 0.15) is 0 Å². The van der Waals surface area contributed by atoms with Crippen LogP contribution >= 0.6 is 0 Å². The number of hydrogen-bond donors (Lipinski definition) is 0. The standard InChI is InChI=1S/C32H37N2O.C13H12N.Ir/c1-21-9-10-25-24-7-6-8-26(28(24)35-29(25)34-21)27-17-23(13-16-33-27)22-11-14-32(15-12-22)19-30(2,3)18-31(4,5)20-32;1-10-3-6-12(7-4-10)13-8-5-11(2)9-14-13;/h6-7,9-10,13,16-17,22H,11-12,14-15,18-20H2,1-5H3;3-6,8-9H,1-2H3;/q2*-1;/i1D3,22D;1D3,2D3;.